The Morgan fingerprint density at radius 2 is 1.38 bits per heavy atom. The molecule has 0 bridgehead atoms. The van der Waals surface area contributed by atoms with E-state index in [1.165, 1.54) is 10.8 Å². The maximum Gasteiger partial charge on any atom is 0.494 e. The lowest BCUT2D eigenvalue weighted by atomic mass is 9.79. The molecule has 2 aromatic carbocycles. The molecule has 0 N–H and O–H groups in total. The highest BCUT2D eigenvalue weighted by Crippen LogP contribution is 2.36. The Labute approximate surface area is 159 Å². The van der Waals surface area contributed by atoms with Crippen LogP contribution >= 0.6 is 0 Å². The third kappa shape index (κ3) is 4.06. The van der Waals surface area contributed by atoms with E-state index in [1.54, 1.807) is 0 Å². The van der Waals surface area contributed by atoms with Crippen molar-refractivity contribution < 1.29 is 14.0 Å². The molecule has 0 saturated carbocycles. The average molecular weight is 368 g/mol. The van der Waals surface area contributed by atoms with Crippen LogP contribution in [0.1, 0.15) is 33.3 Å². The summed E-state index contributed by atoms with van der Waals surface area (Å²) in [6, 6.07) is 16.8. The van der Waals surface area contributed by atoms with Crippen LogP contribution in [0.15, 0.2) is 48.5 Å². The maximum atomic E-state index is 6.09. The molecule has 0 radical (unpaired) electrons. The molecule has 138 valence electrons. The highest BCUT2D eigenvalue weighted by Gasteiger charge is 2.51. The van der Waals surface area contributed by atoms with Crippen LogP contribution in [0.5, 0.6) is 5.75 Å². The summed E-state index contributed by atoms with van der Waals surface area (Å²) >= 11 is 0. The predicted molar refractivity (Wildman–Crippen MR) is 111 cm³/mol. The third-order valence-electron chi connectivity index (χ3n) is 5.46. The number of benzene rings is 2. The SMILES string of the molecule is C[SiH](C)c1ccc(COc2ccc(B3OC(C)(C)C(C)(C)O3)cc2)cc1. The van der Waals surface area contributed by atoms with Gasteiger partial charge in [-0.25, -0.2) is 0 Å². The zero-order valence-corrected chi connectivity index (χ0v) is 17.9. The maximum absolute atomic E-state index is 6.09. The summed E-state index contributed by atoms with van der Waals surface area (Å²) in [5, 5.41) is 1.49. The number of hydrogen-bond acceptors (Lipinski definition) is 3. The van der Waals surface area contributed by atoms with Crippen LogP contribution in [0, 0.1) is 0 Å². The van der Waals surface area contributed by atoms with Gasteiger partial charge in [0, 0.05) is 0 Å². The summed E-state index contributed by atoms with van der Waals surface area (Å²) in [6.45, 7) is 13.5. The molecule has 3 rings (SSSR count). The highest BCUT2D eigenvalue weighted by atomic mass is 28.3. The van der Waals surface area contributed by atoms with Gasteiger partial charge < -0.3 is 14.0 Å². The molecule has 2 aromatic rings. The van der Waals surface area contributed by atoms with Gasteiger partial charge in [0.25, 0.3) is 0 Å². The van der Waals surface area contributed by atoms with Gasteiger partial charge in [0.2, 0.25) is 0 Å². The van der Waals surface area contributed by atoms with E-state index in [2.05, 4.69) is 65.1 Å². The molecule has 0 amide bonds. The zero-order chi connectivity index (χ0) is 18.9. The monoisotopic (exact) mass is 368 g/mol. The molecule has 0 atom stereocenters. The molecule has 1 fully saturated rings. The zero-order valence-electron chi connectivity index (χ0n) is 16.7. The second kappa shape index (κ2) is 7.22. The molecule has 0 aromatic heterocycles. The molecule has 5 heteroatoms. The van der Waals surface area contributed by atoms with E-state index in [0.29, 0.717) is 6.61 Å². The lowest BCUT2D eigenvalue weighted by Gasteiger charge is -2.32. The molecule has 3 nitrogen and oxygen atoms in total. The lowest BCUT2D eigenvalue weighted by molar-refractivity contribution is 0.00578. The third-order valence-corrected chi connectivity index (χ3v) is 7.18. The Kier molecular flexibility index (Phi) is 5.33. The van der Waals surface area contributed by atoms with Crippen LogP contribution in [0.3, 0.4) is 0 Å². The van der Waals surface area contributed by atoms with E-state index in [0.717, 1.165) is 11.2 Å². The van der Waals surface area contributed by atoms with E-state index >= 15 is 0 Å². The molecular weight excluding hydrogens is 339 g/mol. The van der Waals surface area contributed by atoms with Crippen molar-refractivity contribution in [3.63, 3.8) is 0 Å². The van der Waals surface area contributed by atoms with E-state index in [4.69, 9.17) is 14.0 Å². The van der Waals surface area contributed by atoms with Gasteiger partial charge in [-0.05, 0) is 50.9 Å². The van der Waals surface area contributed by atoms with E-state index < -0.39 is 8.80 Å². The van der Waals surface area contributed by atoms with Crippen LogP contribution in [0.2, 0.25) is 13.1 Å². The van der Waals surface area contributed by atoms with Crippen molar-refractivity contribution in [1.82, 2.24) is 0 Å². The van der Waals surface area contributed by atoms with Crippen LogP contribution in [0.25, 0.3) is 0 Å². The molecule has 1 heterocycles. The van der Waals surface area contributed by atoms with Crippen LogP contribution < -0.4 is 15.4 Å². The first-order valence-corrected chi connectivity index (χ1v) is 12.2. The fourth-order valence-electron chi connectivity index (χ4n) is 2.87. The number of ether oxygens (including phenoxy) is 1. The summed E-state index contributed by atoms with van der Waals surface area (Å²) in [5.74, 6) is 0.854. The van der Waals surface area contributed by atoms with Crippen LogP contribution in [-0.4, -0.2) is 27.1 Å². The van der Waals surface area contributed by atoms with Crippen molar-refractivity contribution in [2.45, 2.75) is 58.6 Å². The fourth-order valence-corrected chi connectivity index (χ4v) is 3.83. The Morgan fingerprint density at radius 3 is 1.88 bits per heavy atom. The Bertz CT molecular complexity index is 723. The summed E-state index contributed by atoms with van der Waals surface area (Å²) in [7, 11) is -1.06. The van der Waals surface area contributed by atoms with Gasteiger partial charge in [-0.3, -0.25) is 0 Å². The second-order valence-corrected chi connectivity index (χ2v) is 11.3. The minimum atomic E-state index is -0.730. The highest BCUT2D eigenvalue weighted by molar-refractivity contribution is 6.70. The second-order valence-electron chi connectivity index (χ2n) is 8.34. The minimum Gasteiger partial charge on any atom is -0.489 e. The molecule has 1 saturated heterocycles. The Hall–Kier alpha value is -1.56. The smallest absolute Gasteiger partial charge is 0.489 e. The van der Waals surface area contributed by atoms with Gasteiger partial charge in [0.15, 0.2) is 0 Å². The molecule has 0 aliphatic carbocycles. The standard InChI is InChI=1S/C21H29BO3Si/c1-20(2)21(3,4)25-22(24-20)17-9-11-18(12-10-17)23-15-16-7-13-19(14-8-16)26(5)6/h7-14,26H,15H2,1-6H3. The summed E-state index contributed by atoms with van der Waals surface area (Å²) in [6.07, 6.45) is 0. The van der Waals surface area contributed by atoms with Crippen molar-refractivity contribution in [3.8, 4) is 5.75 Å². The van der Waals surface area contributed by atoms with Gasteiger partial charge in [0.05, 0.1) is 20.0 Å². The van der Waals surface area contributed by atoms with E-state index in [9.17, 15) is 0 Å². The van der Waals surface area contributed by atoms with Gasteiger partial charge >= 0.3 is 7.12 Å². The van der Waals surface area contributed by atoms with Crippen molar-refractivity contribution in [1.29, 1.82) is 0 Å². The lowest BCUT2D eigenvalue weighted by Crippen LogP contribution is -2.41. The first-order chi connectivity index (χ1) is 12.2. The van der Waals surface area contributed by atoms with E-state index in [1.807, 2.05) is 24.3 Å². The normalized spacial score (nSPS) is 18.3. The Balaban J connectivity index is 1.60. The quantitative estimate of drug-likeness (QED) is 0.759. The number of rotatable bonds is 5. The van der Waals surface area contributed by atoms with Gasteiger partial charge in [-0.15, -0.1) is 0 Å². The summed E-state index contributed by atoms with van der Waals surface area (Å²) < 4.78 is 18.1. The predicted octanol–water partition coefficient (Wildman–Crippen LogP) is 3.26. The van der Waals surface area contributed by atoms with Crippen LogP contribution in [-0.2, 0) is 15.9 Å². The first kappa shape index (κ1) is 19.2. The van der Waals surface area contributed by atoms with Crippen molar-refractivity contribution in [2.75, 3.05) is 0 Å². The minimum absolute atomic E-state index is 0.322. The largest absolute Gasteiger partial charge is 0.494 e. The number of hydrogen-bond donors (Lipinski definition) is 0. The summed E-state index contributed by atoms with van der Waals surface area (Å²) in [5.41, 5.74) is 1.57. The fraction of sp³-hybridized carbons (Fsp3) is 0.429. The van der Waals surface area contributed by atoms with Gasteiger partial charge in [-0.1, -0.05) is 54.7 Å². The van der Waals surface area contributed by atoms with Crippen LogP contribution in [0.4, 0.5) is 0 Å². The van der Waals surface area contributed by atoms with Crippen molar-refractivity contribution in [2.24, 2.45) is 0 Å². The van der Waals surface area contributed by atoms with Crippen molar-refractivity contribution in [3.05, 3.63) is 54.1 Å². The van der Waals surface area contributed by atoms with Gasteiger partial charge in [-0.2, -0.15) is 0 Å². The summed E-state index contributed by atoms with van der Waals surface area (Å²) in [4.78, 5) is 0. The van der Waals surface area contributed by atoms with Crippen molar-refractivity contribution >= 4 is 26.6 Å². The average Bonchev–Trinajstić information content (AvgIpc) is 2.81. The Morgan fingerprint density at radius 1 is 0.846 bits per heavy atom. The molecule has 1 aliphatic rings. The first-order valence-electron chi connectivity index (χ1n) is 9.35. The van der Waals surface area contributed by atoms with Gasteiger partial charge in [0.1, 0.15) is 12.4 Å². The molecule has 26 heavy (non-hydrogen) atoms. The molecule has 0 spiro atoms. The molecule has 1 aliphatic heterocycles. The topological polar surface area (TPSA) is 27.7 Å². The molecule has 0 unspecified atom stereocenters. The van der Waals surface area contributed by atoms with E-state index in [-0.39, 0.29) is 18.3 Å². The molecular formula is C21H29BO3Si.